The molecule has 1 nitrogen and oxygen atoms in total. The average Bonchev–Trinajstić information content (AvgIpc) is 2.59. The molecule has 23 heavy (non-hydrogen) atoms. The summed E-state index contributed by atoms with van der Waals surface area (Å²) in [5, 5.41) is 0. The van der Waals surface area contributed by atoms with Gasteiger partial charge in [-0.2, -0.15) is 0 Å². The molecule has 2 aliphatic carbocycles. The van der Waals surface area contributed by atoms with Gasteiger partial charge in [0.2, 0.25) is 0 Å². The zero-order valence-corrected chi connectivity index (χ0v) is 16.0. The van der Waals surface area contributed by atoms with E-state index in [2.05, 4.69) is 13.8 Å². The summed E-state index contributed by atoms with van der Waals surface area (Å²) in [6.45, 7) is 5.67. The van der Waals surface area contributed by atoms with Crippen molar-refractivity contribution in [1.29, 1.82) is 0 Å². The Morgan fingerprint density at radius 3 is 1.70 bits per heavy atom. The summed E-state index contributed by atoms with van der Waals surface area (Å²) in [5.41, 5.74) is 0. The summed E-state index contributed by atoms with van der Waals surface area (Å²) in [7, 11) is 0. The second-order valence-corrected chi connectivity index (χ2v) is 8.47. The third-order valence-electron chi connectivity index (χ3n) is 6.53. The highest BCUT2D eigenvalue weighted by atomic mass is 16.5. The van der Waals surface area contributed by atoms with Gasteiger partial charge in [0.1, 0.15) is 0 Å². The fraction of sp³-hybridized carbons (Fsp3) is 1.00. The Morgan fingerprint density at radius 1 is 0.609 bits per heavy atom. The van der Waals surface area contributed by atoms with Crippen LogP contribution in [0.25, 0.3) is 0 Å². The smallest absolute Gasteiger partial charge is 0.0575 e. The second-order valence-electron chi connectivity index (χ2n) is 8.47. The highest BCUT2D eigenvalue weighted by Crippen LogP contribution is 2.34. The maximum Gasteiger partial charge on any atom is 0.0575 e. The van der Waals surface area contributed by atoms with Crippen molar-refractivity contribution in [3.63, 3.8) is 0 Å². The summed E-state index contributed by atoms with van der Waals surface area (Å²) >= 11 is 0. The maximum absolute atomic E-state index is 6.17. The minimum Gasteiger partial charge on any atom is -0.378 e. The third kappa shape index (κ3) is 7.59. The van der Waals surface area contributed by atoms with Crippen molar-refractivity contribution < 1.29 is 4.74 Å². The Labute approximate surface area is 146 Å². The molecule has 2 saturated carbocycles. The van der Waals surface area contributed by atoms with Crippen molar-refractivity contribution in [2.75, 3.05) is 6.61 Å². The Bertz CT molecular complexity index is 272. The van der Waals surface area contributed by atoms with E-state index in [1.807, 2.05) is 0 Å². The first-order valence-electron chi connectivity index (χ1n) is 10.9. The van der Waals surface area contributed by atoms with Crippen LogP contribution in [-0.4, -0.2) is 12.7 Å². The lowest BCUT2D eigenvalue weighted by Crippen LogP contribution is -2.22. The van der Waals surface area contributed by atoms with Crippen molar-refractivity contribution in [3.8, 4) is 0 Å². The molecule has 0 bridgehead atoms. The van der Waals surface area contributed by atoms with Crippen LogP contribution in [-0.2, 0) is 4.74 Å². The van der Waals surface area contributed by atoms with Gasteiger partial charge >= 0.3 is 0 Å². The minimum absolute atomic E-state index is 0.591. The van der Waals surface area contributed by atoms with Crippen LogP contribution in [0, 0.1) is 17.8 Å². The average molecular weight is 323 g/mol. The summed E-state index contributed by atoms with van der Waals surface area (Å²) < 4.78 is 6.17. The molecular formula is C22H42O. The molecule has 0 spiro atoms. The molecule has 1 heteroatoms. The number of unbranched alkanes of at least 4 members (excludes halogenated alkanes) is 1. The van der Waals surface area contributed by atoms with E-state index >= 15 is 0 Å². The van der Waals surface area contributed by atoms with Gasteiger partial charge in [-0.15, -0.1) is 0 Å². The largest absolute Gasteiger partial charge is 0.378 e. The number of rotatable bonds is 10. The Morgan fingerprint density at radius 2 is 1.13 bits per heavy atom. The molecule has 0 atom stereocenters. The van der Waals surface area contributed by atoms with Crippen LogP contribution in [0.1, 0.15) is 110 Å². The first kappa shape index (κ1) is 19.3. The summed E-state index contributed by atoms with van der Waals surface area (Å²) in [4.78, 5) is 0. The second kappa shape index (κ2) is 11.5. The van der Waals surface area contributed by atoms with E-state index in [-0.39, 0.29) is 0 Å². The Hall–Kier alpha value is -0.0400. The van der Waals surface area contributed by atoms with Crippen LogP contribution in [0.3, 0.4) is 0 Å². The topological polar surface area (TPSA) is 9.23 Å². The molecule has 0 heterocycles. The molecule has 136 valence electrons. The molecule has 2 rings (SSSR count). The zero-order valence-electron chi connectivity index (χ0n) is 16.0. The van der Waals surface area contributed by atoms with Crippen molar-refractivity contribution in [2.45, 2.75) is 116 Å². The van der Waals surface area contributed by atoms with Gasteiger partial charge in [-0.25, -0.2) is 0 Å². The molecule has 0 aromatic carbocycles. The van der Waals surface area contributed by atoms with E-state index in [1.165, 1.54) is 96.3 Å². The van der Waals surface area contributed by atoms with E-state index in [0.717, 1.165) is 24.4 Å². The summed E-state index contributed by atoms with van der Waals surface area (Å²) in [5.74, 6) is 3.07. The SMILES string of the molecule is CCCCC1CCC(CCCOC2CCC(CCC)CC2)CC1. The van der Waals surface area contributed by atoms with Gasteiger partial charge in [0.25, 0.3) is 0 Å². The Balaban J connectivity index is 1.46. The van der Waals surface area contributed by atoms with Crippen LogP contribution >= 0.6 is 0 Å². The lowest BCUT2D eigenvalue weighted by atomic mass is 9.78. The van der Waals surface area contributed by atoms with Crippen LogP contribution in [0.2, 0.25) is 0 Å². The van der Waals surface area contributed by atoms with Crippen LogP contribution < -0.4 is 0 Å². The summed E-state index contributed by atoms with van der Waals surface area (Å²) in [6, 6.07) is 0. The van der Waals surface area contributed by atoms with Crippen LogP contribution in [0.5, 0.6) is 0 Å². The lowest BCUT2D eigenvalue weighted by Gasteiger charge is -2.30. The number of hydrogen-bond donors (Lipinski definition) is 0. The van der Waals surface area contributed by atoms with Gasteiger partial charge in [0.15, 0.2) is 0 Å². The highest BCUT2D eigenvalue weighted by molar-refractivity contribution is 4.74. The number of ether oxygens (including phenoxy) is 1. The molecular weight excluding hydrogens is 280 g/mol. The van der Waals surface area contributed by atoms with Gasteiger partial charge in [0.05, 0.1) is 6.10 Å². The first-order chi connectivity index (χ1) is 11.3. The van der Waals surface area contributed by atoms with Crippen LogP contribution in [0.4, 0.5) is 0 Å². The molecule has 2 aliphatic rings. The van der Waals surface area contributed by atoms with Gasteiger partial charge in [-0.05, 0) is 56.3 Å². The maximum atomic E-state index is 6.17. The predicted octanol–water partition coefficient (Wildman–Crippen LogP) is 7.14. The van der Waals surface area contributed by atoms with E-state index in [4.69, 9.17) is 4.74 Å². The molecule has 0 aliphatic heterocycles. The third-order valence-corrected chi connectivity index (χ3v) is 6.53. The molecule has 0 aromatic heterocycles. The Kier molecular flexibility index (Phi) is 9.65. The molecule has 0 saturated heterocycles. The lowest BCUT2D eigenvalue weighted by molar-refractivity contribution is 0.0133. The summed E-state index contributed by atoms with van der Waals surface area (Å²) in [6.07, 6.45) is 21.9. The van der Waals surface area contributed by atoms with Gasteiger partial charge in [-0.3, -0.25) is 0 Å². The fourth-order valence-electron chi connectivity index (χ4n) is 4.92. The monoisotopic (exact) mass is 322 g/mol. The highest BCUT2D eigenvalue weighted by Gasteiger charge is 2.22. The molecule has 0 radical (unpaired) electrons. The quantitative estimate of drug-likeness (QED) is 0.388. The molecule has 0 amide bonds. The van der Waals surface area contributed by atoms with Crippen molar-refractivity contribution in [3.05, 3.63) is 0 Å². The van der Waals surface area contributed by atoms with Gasteiger partial charge in [0, 0.05) is 6.61 Å². The molecule has 2 fully saturated rings. The minimum atomic E-state index is 0.591. The van der Waals surface area contributed by atoms with Gasteiger partial charge < -0.3 is 4.74 Å². The predicted molar refractivity (Wildman–Crippen MR) is 101 cm³/mol. The van der Waals surface area contributed by atoms with E-state index < -0.39 is 0 Å². The van der Waals surface area contributed by atoms with E-state index in [0.29, 0.717) is 6.10 Å². The van der Waals surface area contributed by atoms with Gasteiger partial charge in [-0.1, -0.05) is 71.6 Å². The van der Waals surface area contributed by atoms with Crippen molar-refractivity contribution in [1.82, 2.24) is 0 Å². The molecule has 0 aromatic rings. The standard InChI is InChI=1S/C22H42O/c1-3-5-8-20-10-12-21(13-11-20)9-6-18-23-22-16-14-19(7-4-2)15-17-22/h19-22H,3-18H2,1-2H3. The fourth-order valence-corrected chi connectivity index (χ4v) is 4.92. The van der Waals surface area contributed by atoms with E-state index in [9.17, 15) is 0 Å². The van der Waals surface area contributed by atoms with Crippen molar-refractivity contribution >= 4 is 0 Å². The van der Waals surface area contributed by atoms with Crippen molar-refractivity contribution in [2.24, 2.45) is 17.8 Å². The number of hydrogen-bond acceptors (Lipinski definition) is 1. The molecule has 0 N–H and O–H groups in total. The van der Waals surface area contributed by atoms with E-state index in [1.54, 1.807) is 0 Å². The first-order valence-corrected chi connectivity index (χ1v) is 10.9. The molecule has 0 unspecified atom stereocenters. The normalized spacial score (nSPS) is 32.1. The zero-order chi connectivity index (χ0) is 16.3. The van der Waals surface area contributed by atoms with Crippen LogP contribution in [0.15, 0.2) is 0 Å².